The van der Waals surface area contributed by atoms with E-state index >= 15 is 0 Å². The fourth-order valence-electron chi connectivity index (χ4n) is 1.92. The standard InChI is InChI=1S/C15H15ClFNO/c1-10(9-11-5-7-12(19)8-6-11)18-15-13(16)3-2-4-14(15)17/h2-8,10,18-19H,9H2,1H3. The minimum Gasteiger partial charge on any atom is -0.508 e. The summed E-state index contributed by atoms with van der Waals surface area (Å²) in [7, 11) is 0. The fraction of sp³-hybridized carbons (Fsp3) is 0.200. The van der Waals surface area contributed by atoms with E-state index in [-0.39, 0.29) is 17.6 Å². The third kappa shape index (κ3) is 3.61. The molecule has 0 saturated heterocycles. The Morgan fingerprint density at radius 3 is 2.53 bits per heavy atom. The Hall–Kier alpha value is -1.74. The van der Waals surface area contributed by atoms with Gasteiger partial charge in [-0.3, -0.25) is 0 Å². The van der Waals surface area contributed by atoms with Crippen LogP contribution in [0.5, 0.6) is 5.75 Å². The van der Waals surface area contributed by atoms with E-state index in [0.29, 0.717) is 17.1 Å². The van der Waals surface area contributed by atoms with Crippen molar-refractivity contribution in [3.8, 4) is 5.75 Å². The molecule has 100 valence electrons. The first-order valence-corrected chi connectivity index (χ1v) is 6.42. The molecule has 4 heteroatoms. The molecule has 0 aliphatic rings. The summed E-state index contributed by atoms with van der Waals surface area (Å²) in [6.07, 6.45) is 0.713. The van der Waals surface area contributed by atoms with Gasteiger partial charge in [0.05, 0.1) is 10.7 Å². The van der Waals surface area contributed by atoms with Crippen molar-refractivity contribution in [2.45, 2.75) is 19.4 Å². The normalized spacial score (nSPS) is 12.2. The van der Waals surface area contributed by atoms with Crippen molar-refractivity contribution < 1.29 is 9.50 Å². The summed E-state index contributed by atoms with van der Waals surface area (Å²) in [4.78, 5) is 0. The molecule has 0 heterocycles. The topological polar surface area (TPSA) is 32.3 Å². The average Bonchev–Trinajstić information content (AvgIpc) is 2.37. The summed E-state index contributed by atoms with van der Waals surface area (Å²) in [6.45, 7) is 1.95. The second-order valence-corrected chi connectivity index (χ2v) is 4.92. The largest absolute Gasteiger partial charge is 0.508 e. The van der Waals surface area contributed by atoms with E-state index < -0.39 is 0 Å². The van der Waals surface area contributed by atoms with Gasteiger partial charge < -0.3 is 10.4 Å². The van der Waals surface area contributed by atoms with Gasteiger partial charge in [0, 0.05) is 6.04 Å². The molecule has 1 unspecified atom stereocenters. The van der Waals surface area contributed by atoms with Crippen LogP contribution < -0.4 is 5.32 Å². The van der Waals surface area contributed by atoms with Crippen molar-refractivity contribution in [2.75, 3.05) is 5.32 Å². The summed E-state index contributed by atoms with van der Waals surface area (Å²) in [5, 5.41) is 12.7. The Balaban J connectivity index is 2.05. The Bertz CT molecular complexity index is 536. The summed E-state index contributed by atoms with van der Waals surface area (Å²) in [6, 6.07) is 11.6. The Kier molecular flexibility index (Phi) is 4.27. The van der Waals surface area contributed by atoms with Crippen molar-refractivity contribution in [3.05, 3.63) is 58.9 Å². The van der Waals surface area contributed by atoms with Crippen LogP contribution in [-0.2, 0) is 6.42 Å². The van der Waals surface area contributed by atoms with Gasteiger partial charge in [0.1, 0.15) is 11.6 Å². The molecule has 0 spiro atoms. The molecule has 19 heavy (non-hydrogen) atoms. The van der Waals surface area contributed by atoms with Gasteiger partial charge in [0.15, 0.2) is 0 Å². The number of halogens is 2. The smallest absolute Gasteiger partial charge is 0.147 e. The zero-order chi connectivity index (χ0) is 13.8. The first-order valence-electron chi connectivity index (χ1n) is 6.04. The SMILES string of the molecule is CC(Cc1ccc(O)cc1)Nc1c(F)cccc1Cl. The van der Waals surface area contributed by atoms with Gasteiger partial charge in [-0.25, -0.2) is 4.39 Å². The summed E-state index contributed by atoms with van der Waals surface area (Å²) in [5.74, 6) is -0.119. The molecule has 0 radical (unpaired) electrons. The molecule has 0 aromatic heterocycles. The van der Waals surface area contributed by atoms with Gasteiger partial charge in [-0.15, -0.1) is 0 Å². The highest BCUT2D eigenvalue weighted by molar-refractivity contribution is 6.33. The molecule has 0 aliphatic heterocycles. The van der Waals surface area contributed by atoms with Crippen molar-refractivity contribution in [1.29, 1.82) is 0 Å². The maximum absolute atomic E-state index is 13.6. The van der Waals surface area contributed by atoms with Gasteiger partial charge in [-0.1, -0.05) is 29.8 Å². The third-order valence-corrected chi connectivity index (χ3v) is 3.15. The molecule has 2 nitrogen and oxygen atoms in total. The first kappa shape index (κ1) is 13.7. The number of phenolic OH excluding ortho intramolecular Hbond substituents is 1. The molecule has 0 bridgehead atoms. The number of anilines is 1. The molecule has 0 aliphatic carbocycles. The lowest BCUT2D eigenvalue weighted by atomic mass is 10.1. The molecule has 2 aromatic carbocycles. The number of rotatable bonds is 4. The van der Waals surface area contributed by atoms with Crippen LogP contribution in [0, 0.1) is 5.82 Å². The minimum absolute atomic E-state index is 0.0268. The van der Waals surface area contributed by atoms with Gasteiger partial charge in [-0.05, 0) is 43.2 Å². The average molecular weight is 280 g/mol. The lowest BCUT2D eigenvalue weighted by Gasteiger charge is -2.17. The lowest BCUT2D eigenvalue weighted by molar-refractivity contribution is 0.475. The maximum Gasteiger partial charge on any atom is 0.147 e. The number of aromatic hydroxyl groups is 1. The Labute approximate surface area is 116 Å². The zero-order valence-corrected chi connectivity index (χ0v) is 11.3. The van der Waals surface area contributed by atoms with Crippen molar-refractivity contribution >= 4 is 17.3 Å². The molecule has 0 amide bonds. The number of benzene rings is 2. The van der Waals surface area contributed by atoms with Gasteiger partial charge in [-0.2, -0.15) is 0 Å². The second kappa shape index (κ2) is 5.93. The van der Waals surface area contributed by atoms with Crippen molar-refractivity contribution in [3.63, 3.8) is 0 Å². The Morgan fingerprint density at radius 1 is 1.21 bits per heavy atom. The number of nitrogens with one attached hydrogen (secondary N) is 1. The van der Waals surface area contributed by atoms with Crippen LogP contribution in [-0.4, -0.2) is 11.1 Å². The molecule has 2 N–H and O–H groups in total. The maximum atomic E-state index is 13.6. The summed E-state index contributed by atoms with van der Waals surface area (Å²) < 4.78 is 13.6. The highest BCUT2D eigenvalue weighted by Gasteiger charge is 2.10. The second-order valence-electron chi connectivity index (χ2n) is 4.51. The molecule has 2 rings (SSSR count). The van der Waals surface area contributed by atoms with E-state index in [1.807, 2.05) is 19.1 Å². The van der Waals surface area contributed by atoms with Crippen LogP contribution in [0.25, 0.3) is 0 Å². The predicted octanol–water partition coefficient (Wildman–Crippen LogP) is 4.23. The van der Waals surface area contributed by atoms with Crippen molar-refractivity contribution in [1.82, 2.24) is 0 Å². The van der Waals surface area contributed by atoms with E-state index in [1.54, 1.807) is 24.3 Å². The zero-order valence-electron chi connectivity index (χ0n) is 10.5. The monoisotopic (exact) mass is 279 g/mol. The number of para-hydroxylation sites is 1. The molecule has 0 saturated carbocycles. The lowest BCUT2D eigenvalue weighted by Crippen LogP contribution is -2.19. The number of phenols is 1. The third-order valence-electron chi connectivity index (χ3n) is 2.83. The quantitative estimate of drug-likeness (QED) is 0.878. The first-order chi connectivity index (χ1) is 9.06. The van der Waals surface area contributed by atoms with Gasteiger partial charge in [0.25, 0.3) is 0 Å². The van der Waals surface area contributed by atoms with Crippen LogP contribution in [0.1, 0.15) is 12.5 Å². The molecular formula is C15H15ClFNO. The van der Waals surface area contributed by atoms with Crippen LogP contribution in [0.2, 0.25) is 5.02 Å². The number of hydrogen-bond donors (Lipinski definition) is 2. The summed E-state index contributed by atoms with van der Waals surface area (Å²) >= 11 is 5.96. The highest BCUT2D eigenvalue weighted by atomic mass is 35.5. The Morgan fingerprint density at radius 2 is 1.89 bits per heavy atom. The molecule has 0 fully saturated rings. The van der Waals surface area contributed by atoms with E-state index in [1.165, 1.54) is 6.07 Å². The predicted molar refractivity (Wildman–Crippen MR) is 76.3 cm³/mol. The van der Waals surface area contributed by atoms with Gasteiger partial charge >= 0.3 is 0 Å². The van der Waals surface area contributed by atoms with E-state index in [9.17, 15) is 9.50 Å². The van der Waals surface area contributed by atoms with Crippen molar-refractivity contribution in [2.24, 2.45) is 0 Å². The van der Waals surface area contributed by atoms with E-state index in [4.69, 9.17) is 11.6 Å². The summed E-state index contributed by atoms with van der Waals surface area (Å²) in [5.41, 5.74) is 1.39. The van der Waals surface area contributed by atoms with Crippen LogP contribution in [0.15, 0.2) is 42.5 Å². The van der Waals surface area contributed by atoms with Crippen LogP contribution in [0.3, 0.4) is 0 Å². The molecule has 2 aromatic rings. The number of hydrogen-bond acceptors (Lipinski definition) is 2. The fourth-order valence-corrected chi connectivity index (χ4v) is 2.14. The van der Waals surface area contributed by atoms with Crippen LogP contribution in [0.4, 0.5) is 10.1 Å². The molecular weight excluding hydrogens is 265 g/mol. The van der Waals surface area contributed by atoms with E-state index in [0.717, 1.165) is 5.56 Å². The van der Waals surface area contributed by atoms with E-state index in [2.05, 4.69) is 5.32 Å². The van der Waals surface area contributed by atoms with Crippen LogP contribution >= 0.6 is 11.6 Å². The highest BCUT2D eigenvalue weighted by Crippen LogP contribution is 2.25. The van der Waals surface area contributed by atoms with Gasteiger partial charge in [0.2, 0.25) is 0 Å². The minimum atomic E-state index is -0.356. The molecule has 1 atom stereocenters.